The molecule has 1 aromatic carbocycles. The quantitative estimate of drug-likeness (QED) is 0.765. The second-order valence-corrected chi connectivity index (χ2v) is 3.57. The van der Waals surface area contributed by atoms with E-state index in [0.717, 1.165) is 18.6 Å². The van der Waals surface area contributed by atoms with Gasteiger partial charge in [-0.1, -0.05) is 18.2 Å². The molecule has 0 bridgehead atoms. The number of ether oxygens (including phenoxy) is 1. The third-order valence-electron chi connectivity index (χ3n) is 2.50. The number of hydrogen-bond donors (Lipinski definition) is 1. The fraction of sp³-hybridized carbons (Fsp3) is 0.455. The zero-order chi connectivity index (χ0) is 9.10. The highest BCUT2D eigenvalue weighted by molar-refractivity contribution is 5.21. The van der Waals surface area contributed by atoms with Crippen LogP contribution in [0.4, 0.5) is 0 Å². The summed E-state index contributed by atoms with van der Waals surface area (Å²) in [5.74, 6) is 1.40. The van der Waals surface area contributed by atoms with Gasteiger partial charge in [0, 0.05) is 6.61 Å². The number of aliphatic hydroxyl groups excluding tert-OH is 1. The SMILES string of the molecule is OCC1CC(Oc2ccccc2)C1. The Morgan fingerprint density at radius 2 is 1.92 bits per heavy atom. The number of aliphatic hydroxyl groups is 1. The summed E-state index contributed by atoms with van der Waals surface area (Å²) in [7, 11) is 0. The molecule has 0 aromatic heterocycles. The number of rotatable bonds is 3. The molecule has 1 saturated carbocycles. The summed E-state index contributed by atoms with van der Waals surface area (Å²) >= 11 is 0. The molecule has 0 saturated heterocycles. The van der Waals surface area contributed by atoms with Crippen LogP contribution in [0.5, 0.6) is 5.75 Å². The van der Waals surface area contributed by atoms with Crippen LogP contribution >= 0.6 is 0 Å². The summed E-state index contributed by atoms with van der Waals surface area (Å²) in [5.41, 5.74) is 0. The molecule has 2 rings (SSSR count). The first-order valence-electron chi connectivity index (χ1n) is 4.71. The summed E-state index contributed by atoms with van der Waals surface area (Å²) in [4.78, 5) is 0. The first-order valence-corrected chi connectivity index (χ1v) is 4.71. The molecule has 0 unspecified atom stereocenters. The summed E-state index contributed by atoms with van der Waals surface area (Å²) in [5, 5.41) is 8.81. The molecule has 70 valence electrons. The van der Waals surface area contributed by atoms with Crippen molar-refractivity contribution < 1.29 is 9.84 Å². The van der Waals surface area contributed by atoms with Crippen molar-refractivity contribution >= 4 is 0 Å². The standard InChI is InChI=1S/C11H14O2/c12-8-9-6-11(7-9)13-10-4-2-1-3-5-10/h1-5,9,11-12H,6-8H2. The van der Waals surface area contributed by atoms with Crippen molar-refractivity contribution in [1.29, 1.82) is 0 Å². The normalized spacial score (nSPS) is 26.5. The van der Waals surface area contributed by atoms with Crippen molar-refractivity contribution in [3.05, 3.63) is 30.3 Å². The Balaban J connectivity index is 1.81. The van der Waals surface area contributed by atoms with Crippen LogP contribution in [0, 0.1) is 5.92 Å². The van der Waals surface area contributed by atoms with E-state index in [1.54, 1.807) is 0 Å². The molecule has 0 amide bonds. The fourth-order valence-electron chi connectivity index (χ4n) is 1.61. The highest BCUT2D eigenvalue weighted by Gasteiger charge is 2.29. The minimum atomic E-state index is 0.300. The lowest BCUT2D eigenvalue weighted by molar-refractivity contribution is 0.0325. The molecule has 1 aliphatic rings. The predicted octanol–water partition coefficient (Wildman–Crippen LogP) is 1.84. The molecule has 2 heteroatoms. The first-order chi connectivity index (χ1) is 6.38. The van der Waals surface area contributed by atoms with Gasteiger partial charge >= 0.3 is 0 Å². The average Bonchev–Trinajstić information content (AvgIpc) is 2.12. The molecule has 0 atom stereocenters. The molecular weight excluding hydrogens is 164 g/mol. The van der Waals surface area contributed by atoms with Gasteiger partial charge in [-0.2, -0.15) is 0 Å². The van der Waals surface area contributed by atoms with Gasteiger partial charge in [0.2, 0.25) is 0 Å². The van der Waals surface area contributed by atoms with Gasteiger partial charge in [-0.25, -0.2) is 0 Å². The lowest BCUT2D eigenvalue weighted by Crippen LogP contribution is -2.35. The number of benzene rings is 1. The highest BCUT2D eigenvalue weighted by Crippen LogP contribution is 2.30. The monoisotopic (exact) mass is 178 g/mol. The molecule has 0 aliphatic heterocycles. The Hall–Kier alpha value is -1.02. The van der Waals surface area contributed by atoms with E-state index in [-0.39, 0.29) is 0 Å². The van der Waals surface area contributed by atoms with Crippen LogP contribution in [0.25, 0.3) is 0 Å². The largest absolute Gasteiger partial charge is 0.490 e. The maximum absolute atomic E-state index is 8.81. The maximum atomic E-state index is 8.81. The van der Waals surface area contributed by atoms with Gasteiger partial charge in [0.05, 0.1) is 6.10 Å². The zero-order valence-electron chi connectivity index (χ0n) is 7.52. The van der Waals surface area contributed by atoms with Gasteiger partial charge in [0.1, 0.15) is 5.75 Å². The molecule has 13 heavy (non-hydrogen) atoms. The summed E-state index contributed by atoms with van der Waals surface area (Å²) in [6, 6.07) is 9.84. The van der Waals surface area contributed by atoms with Gasteiger partial charge in [-0.15, -0.1) is 0 Å². The van der Waals surface area contributed by atoms with Gasteiger partial charge in [-0.05, 0) is 30.9 Å². The Morgan fingerprint density at radius 1 is 1.23 bits per heavy atom. The second kappa shape index (κ2) is 3.79. The van der Waals surface area contributed by atoms with Crippen molar-refractivity contribution in [3.63, 3.8) is 0 Å². The third kappa shape index (κ3) is 2.01. The minimum Gasteiger partial charge on any atom is -0.490 e. The minimum absolute atomic E-state index is 0.300. The van der Waals surface area contributed by atoms with Crippen LogP contribution in [0.1, 0.15) is 12.8 Å². The molecule has 1 N–H and O–H groups in total. The topological polar surface area (TPSA) is 29.5 Å². The summed E-state index contributed by atoms with van der Waals surface area (Å²) < 4.78 is 5.67. The van der Waals surface area contributed by atoms with E-state index in [2.05, 4.69) is 0 Å². The molecule has 0 spiro atoms. The van der Waals surface area contributed by atoms with E-state index in [9.17, 15) is 0 Å². The van der Waals surface area contributed by atoms with Crippen LogP contribution < -0.4 is 4.74 Å². The molecule has 1 aromatic rings. The predicted molar refractivity (Wildman–Crippen MR) is 50.7 cm³/mol. The maximum Gasteiger partial charge on any atom is 0.119 e. The molecular formula is C11H14O2. The lowest BCUT2D eigenvalue weighted by Gasteiger charge is -2.34. The van der Waals surface area contributed by atoms with Crippen LogP contribution in [0.2, 0.25) is 0 Å². The zero-order valence-corrected chi connectivity index (χ0v) is 7.52. The van der Waals surface area contributed by atoms with Crippen LogP contribution in [-0.2, 0) is 0 Å². The van der Waals surface area contributed by atoms with E-state index in [0.29, 0.717) is 18.6 Å². The van der Waals surface area contributed by atoms with E-state index < -0.39 is 0 Å². The van der Waals surface area contributed by atoms with E-state index in [1.807, 2.05) is 30.3 Å². The van der Waals surface area contributed by atoms with Gasteiger partial charge in [0.25, 0.3) is 0 Å². The Morgan fingerprint density at radius 3 is 2.54 bits per heavy atom. The lowest BCUT2D eigenvalue weighted by atomic mass is 9.83. The van der Waals surface area contributed by atoms with Gasteiger partial charge < -0.3 is 9.84 Å². The molecule has 1 fully saturated rings. The van der Waals surface area contributed by atoms with Crippen LogP contribution in [0.15, 0.2) is 30.3 Å². The second-order valence-electron chi connectivity index (χ2n) is 3.57. The molecule has 2 nitrogen and oxygen atoms in total. The average molecular weight is 178 g/mol. The van der Waals surface area contributed by atoms with E-state index in [4.69, 9.17) is 9.84 Å². The van der Waals surface area contributed by atoms with Crippen LogP contribution in [-0.4, -0.2) is 17.8 Å². The third-order valence-corrected chi connectivity index (χ3v) is 2.50. The van der Waals surface area contributed by atoms with Crippen molar-refractivity contribution in [2.45, 2.75) is 18.9 Å². The Kier molecular flexibility index (Phi) is 2.50. The first kappa shape index (κ1) is 8.57. The van der Waals surface area contributed by atoms with Crippen LogP contribution in [0.3, 0.4) is 0 Å². The fourth-order valence-corrected chi connectivity index (χ4v) is 1.61. The highest BCUT2D eigenvalue weighted by atomic mass is 16.5. The molecule has 1 aliphatic carbocycles. The number of hydrogen-bond acceptors (Lipinski definition) is 2. The Labute approximate surface area is 78.2 Å². The molecule has 0 heterocycles. The van der Waals surface area contributed by atoms with E-state index in [1.165, 1.54) is 0 Å². The summed E-state index contributed by atoms with van der Waals surface area (Å²) in [6.45, 7) is 0.300. The van der Waals surface area contributed by atoms with Crippen molar-refractivity contribution in [3.8, 4) is 5.75 Å². The molecule has 0 radical (unpaired) electrons. The number of para-hydroxylation sites is 1. The summed E-state index contributed by atoms with van der Waals surface area (Å²) in [6.07, 6.45) is 2.30. The van der Waals surface area contributed by atoms with Gasteiger partial charge in [0.15, 0.2) is 0 Å². The van der Waals surface area contributed by atoms with Crippen molar-refractivity contribution in [1.82, 2.24) is 0 Å². The van der Waals surface area contributed by atoms with Gasteiger partial charge in [-0.3, -0.25) is 0 Å². The Bertz CT molecular complexity index is 252. The smallest absolute Gasteiger partial charge is 0.119 e. The van der Waals surface area contributed by atoms with Crippen molar-refractivity contribution in [2.24, 2.45) is 5.92 Å². The van der Waals surface area contributed by atoms with E-state index >= 15 is 0 Å². The van der Waals surface area contributed by atoms with Crippen molar-refractivity contribution in [2.75, 3.05) is 6.61 Å².